The Morgan fingerprint density at radius 1 is 1.25 bits per heavy atom. The van der Waals surface area contributed by atoms with Crippen LogP contribution < -0.4 is 4.90 Å². The summed E-state index contributed by atoms with van der Waals surface area (Å²) in [6, 6.07) is 13.3. The smallest absolute Gasteiger partial charge is 0.261 e. The van der Waals surface area contributed by atoms with Gasteiger partial charge in [-0.1, -0.05) is 41.1 Å². The zero-order valence-electron chi connectivity index (χ0n) is 15.7. The number of benzene rings is 2. The van der Waals surface area contributed by atoms with E-state index in [9.17, 15) is 4.79 Å². The van der Waals surface area contributed by atoms with Gasteiger partial charge in [-0.2, -0.15) is 0 Å². The van der Waals surface area contributed by atoms with Gasteiger partial charge >= 0.3 is 0 Å². The van der Waals surface area contributed by atoms with Crippen molar-refractivity contribution in [3.05, 3.63) is 58.6 Å². The Morgan fingerprint density at radius 2 is 2.04 bits per heavy atom. The highest BCUT2D eigenvalue weighted by Gasteiger charge is 2.24. The highest BCUT2D eigenvalue weighted by Crippen LogP contribution is 2.31. The van der Waals surface area contributed by atoms with Gasteiger partial charge in [0.2, 0.25) is 0 Å². The van der Waals surface area contributed by atoms with Gasteiger partial charge in [0.15, 0.2) is 5.13 Å². The number of anilines is 1. The number of hydrogen-bond donors (Lipinski definition) is 0. The van der Waals surface area contributed by atoms with Crippen LogP contribution in [-0.2, 0) is 4.74 Å². The van der Waals surface area contributed by atoms with Crippen molar-refractivity contribution in [1.29, 1.82) is 0 Å². The second kappa shape index (κ2) is 8.57. The molecule has 3 aromatic rings. The van der Waals surface area contributed by atoms with Gasteiger partial charge in [0, 0.05) is 26.2 Å². The number of ether oxygens (including phenoxy) is 1. The Hall–Kier alpha value is -1.99. The quantitative estimate of drug-likeness (QED) is 0.625. The maximum Gasteiger partial charge on any atom is 0.261 e. The number of halogens is 1. The van der Waals surface area contributed by atoms with Crippen molar-refractivity contribution in [3.8, 4) is 0 Å². The van der Waals surface area contributed by atoms with E-state index in [1.165, 1.54) is 5.56 Å². The van der Waals surface area contributed by atoms with E-state index >= 15 is 0 Å². The fraction of sp³-hybridized carbons (Fsp3) is 0.333. The van der Waals surface area contributed by atoms with Crippen LogP contribution in [0.4, 0.5) is 5.13 Å². The fourth-order valence-corrected chi connectivity index (χ4v) is 4.57. The summed E-state index contributed by atoms with van der Waals surface area (Å²) in [4.78, 5) is 22.2. The number of amides is 1. The summed E-state index contributed by atoms with van der Waals surface area (Å²) >= 11 is 7.85. The van der Waals surface area contributed by atoms with E-state index in [4.69, 9.17) is 21.3 Å². The van der Waals surface area contributed by atoms with E-state index in [1.807, 2.05) is 24.3 Å². The summed E-state index contributed by atoms with van der Waals surface area (Å²) in [5, 5.41) is 1.17. The third-order valence-corrected chi connectivity index (χ3v) is 6.23. The molecule has 0 spiro atoms. The molecule has 5 nitrogen and oxygen atoms in total. The van der Waals surface area contributed by atoms with E-state index < -0.39 is 0 Å². The van der Waals surface area contributed by atoms with Gasteiger partial charge in [-0.15, -0.1) is 0 Å². The summed E-state index contributed by atoms with van der Waals surface area (Å²) < 4.78 is 6.51. The van der Waals surface area contributed by atoms with Gasteiger partial charge in [0.1, 0.15) is 0 Å². The van der Waals surface area contributed by atoms with Crippen molar-refractivity contribution in [2.45, 2.75) is 6.92 Å². The first kappa shape index (κ1) is 19.3. The van der Waals surface area contributed by atoms with Crippen LogP contribution in [0.15, 0.2) is 42.5 Å². The normalized spacial score (nSPS) is 15.1. The third kappa shape index (κ3) is 4.20. The van der Waals surface area contributed by atoms with Crippen LogP contribution in [0.25, 0.3) is 10.2 Å². The Balaban J connectivity index is 1.65. The molecule has 1 saturated heterocycles. The molecule has 28 heavy (non-hydrogen) atoms. The van der Waals surface area contributed by atoms with E-state index in [1.54, 1.807) is 28.4 Å². The molecular weight excluding hydrogens is 394 g/mol. The minimum Gasteiger partial charge on any atom is -0.379 e. The number of rotatable bonds is 5. The number of aromatic nitrogens is 1. The monoisotopic (exact) mass is 415 g/mol. The van der Waals surface area contributed by atoms with Crippen LogP contribution in [0.5, 0.6) is 0 Å². The summed E-state index contributed by atoms with van der Waals surface area (Å²) in [7, 11) is 0. The molecule has 0 bridgehead atoms. The van der Waals surface area contributed by atoms with Crippen LogP contribution in [0.3, 0.4) is 0 Å². The third-order valence-electron chi connectivity index (χ3n) is 4.86. The van der Waals surface area contributed by atoms with E-state index in [2.05, 4.69) is 17.9 Å². The van der Waals surface area contributed by atoms with E-state index in [-0.39, 0.29) is 5.91 Å². The number of carbonyl (C=O) groups excluding carboxylic acids is 1. The molecule has 1 amide bonds. The first-order valence-electron chi connectivity index (χ1n) is 9.35. The molecule has 2 aromatic carbocycles. The molecule has 0 saturated carbocycles. The molecule has 0 aliphatic carbocycles. The van der Waals surface area contributed by atoms with Crippen LogP contribution >= 0.6 is 22.9 Å². The predicted molar refractivity (Wildman–Crippen MR) is 115 cm³/mol. The molecule has 1 aliphatic rings. The Bertz CT molecular complexity index is 985. The zero-order valence-corrected chi connectivity index (χ0v) is 17.3. The van der Waals surface area contributed by atoms with Crippen LogP contribution in [0, 0.1) is 6.92 Å². The molecule has 0 N–H and O–H groups in total. The topological polar surface area (TPSA) is 45.7 Å². The van der Waals surface area contributed by atoms with Crippen molar-refractivity contribution in [2.75, 3.05) is 44.3 Å². The molecule has 1 fully saturated rings. The van der Waals surface area contributed by atoms with Crippen molar-refractivity contribution >= 4 is 44.2 Å². The minimum absolute atomic E-state index is 0.116. The highest BCUT2D eigenvalue weighted by molar-refractivity contribution is 7.22. The van der Waals surface area contributed by atoms with Crippen molar-refractivity contribution in [1.82, 2.24) is 9.88 Å². The molecule has 146 valence electrons. The summed E-state index contributed by atoms with van der Waals surface area (Å²) in [6.07, 6.45) is 0. The van der Waals surface area contributed by atoms with Gasteiger partial charge < -0.3 is 4.74 Å². The molecule has 0 atom stereocenters. The molecule has 2 heterocycles. The second-order valence-electron chi connectivity index (χ2n) is 6.86. The molecule has 0 radical (unpaired) electrons. The van der Waals surface area contributed by atoms with Crippen LogP contribution in [0.1, 0.15) is 15.9 Å². The molecule has 1 aliphatic heterocycles. The van der Waals surface area contributed by atoms with Crippen LogP contribution in [0.2, 0.25) is 5.02 Å². The number of morpholine rings is 1. The Labute approximate surface area is 173 Å². The SMILES string of the molecule is Cc1ccc2nc(N(CCN3CCOCC3)C(=O)c3ccccc3Cl)sc2c1. The lowest BCUT2D eigenvalue weighted by Crippen LogP contribution is -2.43. The lowest BCUT2D eigenvalue weighted by atomic mass is 10.2. The molecule has 1 aromatic heterocycles. The van der Waals surface area contributed by atoms with Crippen molar-refractivity contribution < 1.29 is 9.53 Å². The summed E-state index contributed by atoms with van der Waals surface area (Å²) in [5.41, 5.74) is 2.59. The van der Waals surface area contributed by atoms with Gasteiger partial charge in [0.05, 0.1) is 34.0 Å². The standard InChI is InChI=1S/C21H22ClN3O2S/c1-15-6-7-18-19(14-15)28-21(23-18)25(9-8-24-10-12-27-13-11-24)20(26)16-4-2-3-5-17(16)22/h2-7,14H,8-13H2,1H3. The average molecular weight is 416 g/mol. The summed E-state index contributed by atoms with van der Waals surface area (Å²) in [5.74, 6) is -0.116. The van der Waals surface area contributed by atoms with Gasteiger partial charge in [-0.3, -0.25) is 14.6 Å². The number of aryl methyl sites for hydroxylation is 1. The maximum atomic E-state index is 13.3. The first-order valence-corrected chi connectivity index (χ1v) is 10.5. The number of fused-ring (bicyclic) bond motifs is 1. The minimum atomic E-state index is -0.116. The van der Waals surface area contributed by atoms with Crippen molar-refractivity contribution in [3.63, 3.8) is 0 Å². The number of carbonyl (C=O) groups is 1. The van der Waals surface area contributed by atoms with Gasteiger partial charge in [0.25, 0.3) is 5.91 Å². The lowest BCUT2D eigenvalue weighted by molar-refractivity contribution is 0.0391. The van der Waals surface area contributed by atoms with Gasteiger partial charge in [-0.25, -0.2) is 4.98 Å². The molecule has 7 heteroatoms. The lowest BCUT2D eigenvalue weighted by Gasteiger charge is -2.29. The number of thiazole rings is 1. The highest BCUT2D eigenvalue weighted by atomic mass is 35.5. The molecule has 0 unspecified atom stereocenters. The second-order valence-corrected chi connectivity index (χ2v) is 8.27. The van der Waals surface area contributed by atoms with Crippen LogP contribution in [-0.4, -0.2) is 55.2 Å². The Kier molecular flexibility index (Phi) is 5.92. The predicted octanol–water partition coefficient (Wildman–Crippen LogP) is 4.24. The maximum absolute atomic E-state index is 13.3. The fourth-order valence-electron chi connectivity index (χ4n) is 3.27. The largest absolute Gasteiger partial charge is 0.379 e. The zero-order chi connectivity index (χ0) is 19.5. The first-order chi connectivity index (χ1) is 13.6. The van der Waals surface area contributed by atoms with E-state index in [0.29, 0.717) is 22.3 Å². The number of hydrogen-bond acceptors (Lipinski definition) is 5. The van der Waals surface area contributed by atoms with Crippen molar-refractivity contribution in [2.24, 2.45) is 0 Å². The number of nitrogens with zero attached hydrogens (tertiary/aromatic N) is 3. The Morgan fingerprint density at radius 3 is 2.82 bits per heavy atom. The molecular formula is C21H22ClN3O2S. The molecule has 4 rings (SSSR count). The van der Waals surface area contributed by atoms with E-state index in [0.717, 1.165) is 43.1 Å². The summed E-state index contributed by atoms with van der Waals surface area (Å²) in [6.45, 7) is 6.62. The van der Waals surface area contributed by atoms with Gasteiger partial charge in [-0.05, 0) is 36.8 Å². The average Bonchev–Trinajstić information content (AvgIpc) is 3.12.